The largest absolute Gasteiger partial charge is 0.379 e. The van der Waals surface area contributed by atoms with Gasteiger partial charge in [-0.1, -0.05) is 0 Å². The number of amides is 1. The second-order valence-corrected chi connectivity index (χ2v) is 4.39. The summed E-state index contributed by atoms with van der Waals surface area (Å²) in [6, 6.07) is 1.56. The van der Waals surface area contributed by atoms with Crippen molar-refractivity contribution >= 4 is 11.7 Å². The summed E-state index contributed by atoms with van der Waals surface area (Å²) in [5.74, 6) is -0.261. The van der Waals surface area contributed by atoms with Gasteiger partial charge in [0.1, 0.15) is 5.69 Å². The lowest BCUT2D eigenvalue weighted by Crippen LogP contribution is -2.25. The van der Waals surface area contributed by atoms with Crippen LogP contribution in [0.1, 0.15) is 48.0 Å². The van der Waals surface area contributed by atoms with Crippen molar-refractivity contribution in [3.63, 3.8) is 0 Å². The third-order valence-corrected chi connectivity index (χ3v) is 2.39. The Kier molecular flexibility index (Phi) is 5.58. The maximum Gasteiger partial charge on any atom is 0.267 e. The molecule has 0 unspecified atom stereocenters. The summed E-state index contributed by atoms with van der Waals surface area (Å²) in [4.78, 5) is 25.5. The van der Waals surface area contributed by atoms with Crippen molar-refractivity contribution in [3.8, 4) is 0 Å². The number of H-pyrrole nitrogens is 1. The van der Waals surface area contributed by atoms with Crippen LogP contribution in [0, 0.1) is 0 Å². The maximum absolute atomic E-state index is 11.7. The first kappa shape index (κ1) is 14.4. The summed E-state index contributed by atoms with van der Waals surface area (Å²) in [5.41, 5.74) is 0.924. The first-order valence-corrected chi connectivity index (χ1v) is 6.10. The van der Waals surface area contributed by atoms with Gasteiger partial charge in [-0.3, -0.25) is 9.59 Å². The summed E-state index contributed by atoms with van der Waals surface area (Å²) in [6.45, 7) is 6.59. The zero-order valence-corrected chi connectivity index (χ0v) is 11.1. The van der Waals surface area contributed by atoms with E-state index >= 15 is 0 Å². The van der Waals surface area contributed by atoms with E-state index in [9.17, 15) is 9.59 Å². The normalized spacial score (nSPS) is 10.7. The molecule has 0 radical (unpaired) electrons. The summed E-state index contributed by atoms with van der Waals surface area (Å²) >= 11 is 0. The zero-order valence-electron chi connectivity index (χ0n) is 11.1. The minimum atomic E-state index is -0.202. The van der Waals surface area contributed by atoms with Crippen molar-refractivity contribution in [3.05, 3.63) is 23.5 Å². The Morgan fingerprint density at radius 1 is 1.44 bits per heavy atom. The van der Waals surface area contributed by atoms with E-state index in [4.69, 9.17) is 4.74 Å². The number of ether oxygens (including phenoxy) is 1. The summed E-state index contributed by atoms with van der Waals surface area (Å²) in [5, 5.41) is 2.76. The summed E-state index contributed by atoms with van der Waals surface area (Å²) in [7, 11) is 0. The second-order valence-electron chi connectivity index (χ2n) is 4.39. The molecule has 0 saturated carbocycles. The van der Waals surface area contributed by atoms with Crippen LogP contribution in [-0.4, -0.2) is 35.9 Å². The molecule has 1 heterocycles. The molecule has 0 aliphatic rings. The Balaban J connectivity index is 2.30. The van der Waals surface area contributed by atoms with Gasteiger partial charge in [0.15, 0.2) is 5.78 Å². The Labute approximate surface area is 107 Å². The van der Waals surface area contributed by atoms with E-state index in [1.165, 1.54) is 6.92 Å². The molecule has 1 aromatic heterocycles. The minimum absolute atomic E-state index is 0.0596. The van der Waals surface area contributed by atoms with Crippen LogP contribution in [0.25, 0.3) is 0 Å². The van der Waals surface area contributed by atoms with Crippen molar-refractivity contribution in [2.75, 3.05) is 13.2 Å². The van der Waals surface area contributed by atoms with Crippen molar-refractivity contribution in [1.82, 2.24) is 10.3 Å². The molecule has 0 atom stereocenters. The highest BCUT2D eigenvalue weighted by Gasteiger charge is 2.09. The first-order valence-electron chi connectivity index (χ1n) is 6.10. The number of nitrogens with one attached hydrogen (secondary N) is 2. The number of hydrogen-bond donors (Lipinski definition) is 2. The molecule has 0 aromatic carbocycles. The van der Waals surface area contributed by atoms with Gasteiger partial charge in [-0.25, -0.2) is 0 Å². The van der Waals surface area contributed by atoms with Gasteiger partial charge in [-0.15, -0.1) is 0 Å². The summed E-state index contributed by atoms with van der Waals surface area (Å²) in [6.07, 6.45) is 2.52. The standard InChI is InChI=1S/C13H20N2O3/c1-9(2)18-6-4-5-14-13(17)12-7-11(8-15-12)10(3)16/h7-9,15H,4-6H2,1-3H3,(H,14,17). The van der Waals surface area contributed by atoms with Crippen LogP contribution >= 0.6 is 0 Å². The smallest absolute Gasteiger partial charge is 0.267 e. The van der Waals surface area contributed by atoms with Gasteiger partial charge in [-0.2, -0.15) is 0 Å². The van der Waals surface area contributed by atoms with Crippen LogP contribution < -0.4 is 5.32 Å². The van der Waals surface area contributed by atoms with Gasteiger partial charge in [0, 0.05) is 24.9 Å². The van der Waals surface area contributed by atoms with Crippen molar-refractivity contribution in [2.45, 2.75) is 33.3 Å². The molecule has 0 aliphatic carbocycles. The van der Waals surface area contributed by atoms with E-state index < -0.39 is 0 Å². The molecule has 1 rings (SSSR count). The lowest BCUT2D eigenvalue weighted by Gasteiger charge is -2.07. The number of aromatic nitrogens is 1. The maximum atomic E-state index is 11.7. The first-order chi connectivity index (χ1) is 8.50. The van der Waals surface area contributed by atoms with Gasteiger partial charge in [0.2, 0.25) is 0 Å². The molecule has 2 N–H and O–H groups in total. The molecular formula is C13H20N2O3. The molecule has 5 heteroatoms. The van der Waals surface area contributed by atoms with Crippen LogP contribution in [0.3, 0.4) is 0 Å². The van der Waals surface area contributed by atoms with Gasteiger partial charge >= 0.3 is 0 Å². The van der Waals surface area contributed by atoms with Crippen molar-refractivity contribution < 1.29 is 14.3 Å². The van der Waals surface area contributed by atoms with E-state index in [2.05, 4.69) is 10.3 Å². The van der Waals surface area contributed by atoms with Crippen LogP contribution in [0.4, 0.5) is 0 Å². The number of rotatable bonds is 7. The van der Waals surface area contributed by atoms with Crippen LogP contribution in [0.15, 0.2) is 12.3 Å². The molecule has 0 saturated heterocycles. The van der Waals surface area contributed by atoms with Crippen LogP contribution in [-0.2, 0) is 4.74 Å². The number of aromatic amines is 1. The highest BCUT2D eigenvalue weighted by Crippen LogP contribution is 2.04. The molecule has 0 bridgehead atoms. The van der Waals surface area contributed by atoms with Crippen LogP contribution in [0.5, 0.6) is 0 Å². The Hall–Kier alpha value is -1.62. The fraction of sp³-hybridized carbons (Fsp3) is 0.538. The number of carbonyl (C=O) groups is 2. The Morgan fingerprint density at radius 2 is 2.17 bits per heavy atom. The third-order valence-electron chi connectivity index (χ3n) is 2.39. The van der Waals surface area contributed by atoms with E-state index in [1.807, 2.05) is 13.8 Å². The lowest BCUT2D eigenvalue weighted by molar-refractivity contribution is 0.0756. The van der Waals surface area contributed by atoms with Crippen molar-refractivity contribution in [1.29, 1.82) is 0 Å². The monoisotopic (exact) mass is 252 g/mol. The molecule has 1 amide bonds. The number of carbonyl (C=O) groups excluding carboxylic acids is 2. The Bertz CT molecular complexity index is 410. The lowest BCUT2D eigenvalue weighted by atomic mass is 10.2. The topological polar surface area (TPSA) is 71.2 Å². The highest BCUT2D eigenvalue weighted by atomic mass is 16.5. The van der Waals surface area contributed by atoms with E-state index in [-0.39, 0.29) is 17.8 Å². The predicted octanol–water partition coefficient (Wildman–Crippen LogP) is 1.76. The van der Waals surface area contributed by atoms with E-state index in [0.717, 1.165) is 6.42 Å². The van der Waals surface area contributed by atoms with Crippen LogP contribution in [0.2, 0.25) is 0 Å². The molecule has 18 heavy (non-hydrogen) atoms. The van der Waals surface area contributed by atoms with Gasteiger partial charge in [0.05, 0.1) is 6.10 Å². The zero-order chi connectivity index (χ0) is 13.5. The van der Waals surface area contributed by atoms with Gasteiger partial charge in [0.25, 0.3) is 5.91 Å². The quantitative estimate of drug-likeness (QED) is 0.574. The highest BCUT2D eigenvalue weighted by molar-refractivity contribution is 5.98. The molecule has 1 aromatic rings. The molecular weight excluding hydrogens is 232 g/mol. The second kappa shape index (κ2) is 6.96. The SMILES string of the molecule is CC(=O)c1c[nH]c(C(=O)NCCCOC(C)C)c1. The average Bonchev–Trinajstić information content (AvgIpc) is 2.77. The number of ketones is 1. The third kappa shape index (κ3) is 4.71. The Morgan fingerprint density at radius 3 is 2.72 bits per heavy atom. The predicted molar refractivity (Wildman–Crippen MR) is 68.8 cm³/mol. The molecule has 0 spiro atoms. The number of Topliss-reactive ketones (excluding diaryl/α,β-unsaturated/α-hetero) is 1. The fourth-order valence-corrected chi connectivity index (χ4v) is 1.42. The minimum Gasteiger partial charge on any atom is -0.379 e. The molecule has 5 nitrogen and oxygen atoms in total. The van der Waals surface area contributed by atoms with Crippen molar-refractivity contribution in [2.24, 2.45) is 0 Å². The average molecular weight is 252 g/mol. The number of hydrogen-bond acceptors (Lipinski definition) is 3. The summed E-state index contributed by atoms with van der Waals surface area (Å²) < 4.78 is 5.36. The molecule has 0 aliphatic heterocycles. The van der Waals surface area contributed by atoms with Gasteiger partial charge < -0.3 is 15.0 Å². The van der Waals surface area contributed by atoms with E-state index in [1.54, 1.807) is 12.3 Å². The van der Waals surface area contributed by atoms with Gasteiger partial charge in [-0.05, 0) is 33.3 Å². The van der Waals surface area contributed by atoms with E-state index in [0.29, 0.717) is 24.4 Å². The molecule has 0 fully saturated rings. The molecule has 100 valence electrons. The fourth-order valence-electron chi connectivity index (χ4n) is 1.42.